The molecule has 2 heterocycles. The summed E-state index contributed by atoms with van der Waals surface area (Å²) in [6, 6.07) is 7.77. The van der Waals surface area contributed by atoms with E-state index >= 15 is 0 Å². The van der Waals surface area contributed by atoms with Crippen LogP contribution in [0.25, 0.3) is 10.6 Å². The van der Waals surface area contributed by atoms with Gasteiger partial charge < -0.3 is 14.9 Å². The van der Waals surface area contributed by atoms with Gasteiger partial charge in [0.05, 0.1) is 4.88 Å². The molecule has 0 unspecified atom stereocenters. The minimum Gasteiger partial charge on any atom is -0.480 e. The first kappa shape index (κ1) is 24.9. The van der Waals surface area contributed by atoms with Crippen LogP contribution in [-0.4, -0.2) is 43.1 Å². The molecule has 0 spiro atoms. The maximum absolute atomic E-state index is 13.0. The topological polar surface area (TPSA) is 139 Å². The number of hydrogen-bond acceptors (Lipinski definition) is 7. The van der Waals surface area contributed by atoms with Gasteiger partial charge in [-0.25, -0.2) is 8.42 Å². The Morgan fingerprint density at radius 1 is 1.23 bits per heavy atom. The summed E-state index contributed by atoms with van der Waals surface area (Å²) in [5.41, 5.74) is -0.420. The third kappa shape index (κ3) is 4.56. The molecule has 0 bridgehead atoms. The highest BCUT2D eigenvalue weighted by Gasteiger charge is 2.63. The number of hydrogen-bond donors (Lipinski definition) is 3. The molecule has 0 aliphatic heterocycles. The van der Waals surface area contributed by atoms with Crippen LogP contribution in [0.1, 0.15) is 39.6 Å². The number of nitrogens with zero attached hydrogens (tertiary/aromatic N) is 1. The van der Waals surface area contributed by atoms with E-state index < -0.39 is 39.4 Å². The van der Waals surface area contributed by atoms with Gasteiger partial charge in [-0.1, -0.05) is 11.2 Å². The van der Waals surface area contributed by atoms with E-state index in [9.17, 15) is 36.3 Å². The summed E-state index contributed by atoms with van der Waals surface area (Å²) in [5.74, 6) is -3.70. The minimum atomic E-state index is -4.75. The van der Waals surface area contributed by atoms with Crippen molar-refractivity contribution in [3.63, 3.8) is 0 Å². The summed E-state index contributed by atoms with van der Waals surface area (Å²) < 4.78 is 70.5. The van der Waals surface area contributed by atoms with Gasteiger partial charge in [-0.2, -0.15) is 17.9 Å². The number of halogens is 3. The summed E-state index contributed by atoms with van der Waals surface area (Å²) in [4.78, 5) is 24.1. The van der Waals surface area contributed by atoms with E-state index in [0.29, 0.717) is 34.1 Å². The molecule has 0 saturated heterocycles. The van der Waals surface area contributed by atoms with Gasteiger partial charge in [0, 0.05) is 24.6 Å². The van der Waals surface area contributed by atoms with Gasteiger partial charge in [-0.15, -0.1) is 11.3 Å². The molecular weight excluding hydrogens is 511 g/mol. The van der Waals surface area contributed by atoms with Crippen LogP contribution in [0.3, 0.4) is 0 Å². The van der Waals surface area contributed by atoms with Gasteiger partial charge in [0.1, 0.15) is 15.4 Å². The lowest BCUT2D eigenvalue weighted by Gasteiger charge is -2.16. The number of carbonyl (C=O) groups excluding carboxylic acids is 1. The molecule has 35 heavy (non-hydrogen) atoms. The Kier molecular flexibility index (Phi) is 6.02. The predicted octanol–water partition coefficient (Wildman–Crippen LogP) is 3.38. The van der Waals surface area contributed by atoms with Crippen LogP contribution >= 0.6 is 11.3 Å². The van der Waals surface area contributed by atoms with Crippen LogP contribution in [-0.2, 0) is 21.0 Å². The Morgan fingerprint density at radius 3 is 2.51 bits per heavy atom. The van der Waals surface area contributed by atoms with Crippen LogP contribution in [0.4, 0.5) is 13.2 Å². The molecule has 1 aliphatic carbocycles. The highest BCUT2D eigenvalue weighted by molar-refractivity contribution is 7.91. The Morgan fingerprint density at radius 2 is 1.94 bits per heavy atom. The number of carboxylic acid groups (broad SMARTS) is 1. The fourth-order valence-corrected chi connectivity index (χ4v) is 6.46. The van der Waals surface area contributed by atoms with Crippen LogP contribution in [0.2, 0.25) is 0 Å². The number of alkyl halides is 3. The number of aromatic nitrogens is 1. The number of carbonyl (C=O) groups is 2. The molecular formula is C21H18F3N3O6S2. The van der Waals surface area contributed by atoms with Gasteiger partial charge in [0.15, 0.2) is 0 Å². The molecule has 4 rings (SSSR count). The van der Waals surface area contributed by atoms with Crippen molar-refractivity contribution in [1.29, 1.82) is 0 Å². The lowest BCUT2D eigenvalue weighted by molar-refractivity contribution is -0.155. The van der Waals surface area contributed by atoms with Crippen LogP contribution in [0.5, 0.6) is 0 Å². The Balaban J connectivity index is 1.59. The number of amides is 1. The van der Waals surface area contributed by atoms with Crippen molar-refractivity contribution in [2.24, 2.45) is 0 Å². The predicted molar refractivity (Wildman–Crippen MR) is 117 cm³/mol. The standard InChI is InChI=1S/C21H18F3N3O6S2/c1-10-7-11(18(28)25-2)3-4-12(10)13-9-20(13,19(29)30)27-35(31,32)17-6-5-15(34-17)14-8-16(33-26-14)21(22,23)24/h3-8,13,27H,9H2,1-2H3,(H,25,28)(H,29,30)/t13-,20+/m0/s1. The van der Waals surface area contributed by atoms with Crippen molar-refractivity contribution < 1.29 is 40.8 Å². The third-order valence-corrected chi connectivity index (χ3v) is 8.79. The highest BCUT2D eigenvalue weighted by Crippen LogP contribution is 2.53. The smallest absolute Gasteiger partial charge is 0.452 e. The molecule has 3 N–H and O–H groups in total. The third-order valence-electron chi connectivity index (χ3n) is 5.68. The zero-order valence-electron chi connectivity index (χ0n) is 18.1. The molecule has 0 radical (unpaired) electrons. The average Bonchev–Trinajstić information content (AvgIpc) is 3.15. The second-order valence-electron chi connectivity index (χ2n) is 7.98. The lowest BCUT2D eigenvalue weighted by Crippen LogP contribution is -2.44. The number of thiophene rings is 1. The van der Waals surface area contributed by atoms with Crippen LogP contribution in [0.15, 0.2) is 45.1 Å². The monoisotopic (exact) mass is 529 g/mol. The van der Waals surface area contributed by atoms with Gasteiger partial charge >= 0.3 is 12.1 Å². The lowest BCUT2D eigenvalue weighted by atomic mass is 9.98. The molecule has 1 amide bonds. The second-order valence-corrected chi connectivity index (χ2v) is 11.0. The zero-order valence-corrected chi connectivity index (χ0v) is 19.8. The summed E-state index contributed by atoms with van der Waals surface area (Å²) in [7, 11) is -2.87. The van der Waals surface area contributed by atoms with Crippen molar-refractivity contribution in [2.45, 2.75) is 35.2 Å². The van der Waals surface area contributed by atoms with E-state index in [4.69, 9.17) is 0 Å². The molecule has 186 valence electrons. The first-order valence-corrected chi connectivity index (χ1v) is 12.3. The second kappa shape index (κ2) is 8.46. The van der Waals surface area contributed by atoms with Crippen molar-refractivity contribution in [3.05, 3.63) is 58.8 Å². The quantitative estimate of drug-likeness (QED) is 0.427. The summed E-state index contributed by atoms with van der Waals surface area (Å²) >= 11 is 0.627. The number of aliphatic carboxylic acids is 1. The number of carboxylic acids is 1. The zero-order chi connectivity index (χ0) is 25.8. The van der Waals surface area contributed by atoms with E-state index in [1.807, 2.05) is 0 Å². The Hall–Kier alpha value is -3.23. The van der Waals surface area contributed by atoms with E-state index in [0.717, 1.165) is 6.07 Å². The molecule has 1 aliphatic rings. The summed E-state index contributed by atoms with van der Waals surface area (Å²) in [6.07, 6.45) is -4.76. The van der Waals surface area contributed by atoms with Crippen LogP contribution < -0.4 is 10.0 Å². The number of sulfonamides is 1. The average molecular weight is 530 g/mol. The normalized spacial score (nSPS) is 20.0. The van der Waals surface area contributed by atoms with Crippen molar-refractivity contribution in [2.75, 3.05) is 7.05 Å². The van der Waals surface area contributed by atoms with Gasteiger partial charge in [0.2, 0.25) is 5.76 Å². The number of nitrogens with one attached hydrogen (secondary N) is 2. The van der Waals surface area contributed by atoms with E-state index in [1.54, 1.807) is 19.1 Å². The van der Waals surface area contributed by atoms with Crippen molar-refractivity contribution in [1.82, 2.24) is 15.2 Å². The molecule has 1 aromatic carbocycles. The largest absolute Gasteiger partial charge is 0.480 e. The number of aryl methyl sites for hydroxylation is 1. The first-order chi connectivity index (χ1) is 16.3. The minimum absolute atomic E-state index is 0.0157. The first-order valence-electron chi connectivity index (χ1n) is 10.0. The maximum atomic E-state index is 13.0. The maximum Gasteiger partial charge on any atom is 0.452 e. The van der Waals surface area contributed by atoms with Crippen molar-refractivity contribution in [3.8, 4) is 10.6 Å². The number of benzene rings is 1. The fraction of sp³-hybridized carbons (Fsp3) is 0.286. The summed E-state index contributed by atoms with van der Waals surface area (Å²) in [5, 5.41) is 15.7. The van der Waals surface area contributed by atoms with E-state index in [-0.39, 0.29) is 27.1 Å². The molecule has 2 aromatic heterocycles. The molecule has 14 heteroatoms. The fourth-order valence-electron chi connectivity index (χ4n) is 3.80. The highest BCUT2D eigenvalue weighted by atomic mass is 32.2. The van der Waals surface area contributed by atoms with Gasteiger partial charge in [0.25, 0.3) is 15.9 Å². The Labute approximate surface area is 201 Å². The SMILES string of the molecule is CNC(=O)c1ccc([C@@H]2C[C@]2(NS(=O)(=O)c2ccc(-c3cc(C(F)(F)F)on3)s2)C(=O)O)c(C)c1. The van der Waals surface area contributed by atoms with Crippen LogP contribution in [0, 0.1) is 6.92 Å². The van der Waals surface area contributed by atoms with E-state index in [1.165, 1.54) is 19.2 Å². The van der Waals surface area contributed by atoms with E-state index in [2.05, 4.69) is 19.7 Å². The Bertz CT molecular complexity index is 1430. The van der Waals surface area contributed by atoms with Gasteiger partial charge in [-0.3, -0.25) is 9.59 Å². The molecule has 9 nitrogen and oxygen atoms in total. The van der Waals surface area contributed by atoms with Gasteiger partial charge in [-0.05, 0) is 48.7 Å². The summed E-state index contributed by atoms with van der Waals surface area (Å²) in [6.45, 7) is 1.69. The molecule has 1 fully saturated rings. The number of rotatable bonds is 7. The van der Waals surface area contributed by atoms with Crippen molar-refractivity contribution >= 4 is 33.2 Å². The molecule has 1 saturated carbocycles. The molecule has 3 aromatic rings. The molecule has 2 atom stereocenters.